The van der Waals surface area contributed by atoms with E-state index in [1.807, 2.05) is 30.3 Å². The molecular weight excluding hydrogens is 358 g/mol. The molecule has 1 aliphatic rings. The number of nitrogens with one attached hydrogen (secondary N) is 2. The van der Waals surface area contributed by atoms with Crippen molar-refractivity contribution >= 4 is 16.8 Å². The molecule has 4 heteroatoms. The zero-order valence-corrected chi connectivity index (χ0v) is 17.4. The van der Waals surface area contributed by atoms with Crippen LogP contribution >= 0.6 is 0 Å². The van der Waals surface area contributed by atoms with Crippen molar-refractivity contribution in [1.29, 1.82) is 0 Å². The smallest absolute Gasteiger partial charge is 0.270 e. The molecule has 1 amide bonds. The van der Waals surface area contributed by atoms with Crippen LogP contribution in [0.1, 0.15) is 54.2 Å². The fourth-order valence-corrected chi connectivity index (χ4v) is 4.51. The van der Waals surface area contributed by atoms with Crippen molar-refractivity contribution in [1.82, 2.24) is 15.2 Å². The van der Waals surface area contributed by atoms with Gasteiger partial charge < -0.3 is 15.2 Å². The van der Waals surface area contributed by atoms with Crippen LogP contribution in [0.4, 0.5) is 0 Å². The molecule has 3 aromatic rings. The number of amides is 1. The van der Waals surface area contributed by atoms with Gasteiger partial charge in [0.25, 0.3) is 5.91 Å². The van der Waals surface area contributed by atoms with E-state index < -0.39 is 0 Å². The zero-order chi connectivity index (χ0) is 20.2. The van der Waals surface area contributed by atoms with Crippen LogP contribution in [0.2, 0.25) is 0 Å². The molecular formula is C25H31N3O. The molecule has 4 rings (SSSR count). The molecule has 0 spiro atoms. The Morgan fingerprint density at radius 2 is 1.93 bits per heavy atom. The van der Waals surface area contributed by atoms with Crippen molar-refractivity contribution < 1.29 is 4.79 Å². The summed E-state index contributed by atoms with van der Waals surface area (Å²) in [5.41, 5.74) is 4.33. The minimum atomic E-state index is 0.118. The minimum Gasteiger partial charge on any atom is -0.351 e. The van der Waals surface area contributed by atoms with Gasteiger partial charge in [-0.1, -0.05) is 48.0 Å². The fourth-order valence-electron chi connectivity index (χ4n) is 4.51. The highest BCUT2D eigenvalue weighted by Gasteiger charge is 2.29. The maximum absolute atomic E-state index is 13.2. The van der Waals surface area contributed by atoms with E-state index in [0.717, 1.165) is 43.3 Å². The van der Waals surface area contributed by atoms with E-state index in [9.17, 15) is 4.79 Å². The Kier molecular flexibility index (Phi) is 6.00. The van der Waals surface area contributed by atoms with Gasteiger partial charge in [0.05, 0.1) is 0 Å². The van der Waals surface area contributed by atoms with Gasteiger partial charge in [-0.15, -0.1) is 0 Å². The summed E-state index contributed by atoms with van der Waals surface area (Å²) in [5.74, 6) is 0.118. The van der Waals surface area contributed by atoms with E-state index in [-0.39, 0.29) is 5.91 Å². The summed E-state index contributed by atoms with van der Waals surface area (Å²) in [6.07, 6.45) is 4.45. The van der Waals surface area contributed by atoms with Gasteiger partial charge in [-0.3, -0.25) is 4.79 Å². The van der Waals surface area contributed by atoms with Crippen LogP contribution in [0.5, 0.6) is 0 Å². The summed E-state index contributed by atoms with van der Waals surface area (Å²) < 4.78 is 0. The number of aromatic nitrogens is 1. The lowest BCUT2D eigenvalue weighted by molar-refractivity contribution is 0.0623. The highest BCUT2D eigenvalue weighted by molar-refractivity contribution is 5.98. The Morgan fingerprint density at radius 1 is 1.14 bits per heavy atom. The van der Waals surface area contributed by atoms with Gasteiger partial charge in [0, 0.05) is 36.1 Å². The molecule has 2 N–H and O–H groups in total. The quantitative estimate of drug-likeness (QED) is 0.620. The van der Waals surface area contributed by atoms with E-state index in [0.29, 0.717) is 17.8 Å². The zero-order valence-electron chi connectivity index (χ0n) is 17.4. The summed E-state index contributed by atoms with van der Waals surface area (Å²) in [4.78, 5) is 18.6. The van der Waals surface area contributed by atoms with Crippen molar-refractivity contribution in [3.8, 4) is 0 Å². The molecule has 1 aromatic heterocycles. The number of para-hydroxylation sites is 1. The molecule has 4 nitrogen and oxygen atoms in total. The predicted octanol–water partition coefficient (Wildman–Crippen LogP) is 5.04. The third kappa shape index (κ3) is 4.54. The Labute approximate surface area is 173 Å². The van der Waals surface area contributed by atoms with Crippen LogP contribution < -0.4 is 5.32 Å². The third-order valence-electron chi connectivity index (χ3n) is 6.16. The van der Waals surface area contributed by atoms with E-state index in [2.05, 4.69) is 53.3 Å². The molecule has 1 saturated carbocycles. The van der Waals surface area contributed by atoms with Gasteiger partial charge >= 0.3 is 0 Å². The summed E-state index contributed by atoms with van der Waals surface area (Å²) in [6, 6.07) is 19.5. The van der Waals surface area contributed by atoms with Crippen molar-refractivity contribution in [3.63, 3.8) is 0 Å². The summed E-state index contributed by atoms with van der Waals surface area (Å²) in [6.45, 7) is 5.83. The van der Waals surface area contributed by atoms with Gasteiger partial charge in [0.2, 0.25) is 0 Å². The monoisotopic (exact) mass is 389 g/mol. The first-order chi connectivity index (χ1) is 14.1. The normalized spacial score (nSPS) is 19.4. The number of nitrogens with zero attached hydrogens (tertiary/aromatic N) is 1. The lowest BCUT2D eigenvalue weighted by atomic mass is 9.89. The topological polar surface area (TPSA) is 48.1 Å². The number of aryl methyl sites for hydroxylation is 1. The van der Waals surface area contributed by atoms with Crippen LogP contribution in [0.3, 0.4) is 0 Å². The first-order valence-electron chi connectivity index (χ1n) is 10.8. The summed E-state index contributed by atoms with van der Waals surface area (Å²) >= 11 is 0. The highest BCUT2D eigenvalue weighted by Crippen LogP contribution is 2.26. The average molecular weight is 390 g/mol. The molecule has 0 saturated heterocycles. The maximum Gasteiger partial charge on any atom is 0.270 e. The van der Waals surface area contributed by atoms with E-state index in [4.69, 9.17) is 0 Å². The largest absolute Gasteiger partial charge is 0.351 e. The Bertz CT molecular complexity index is 927. The number of aromatic amines is 1. The van der Waals surface area contributed by atoms with Crippen LogP contribution in [0.15, 0.2) is 54.6 Å². The van der Waals surface area contributed by atoms with Crippen LogP contribution in [-0.4, -0.2) is 34.4 Å². The number of hydrogen-bond donors (Lipinski definition) is 2. The number of H-pyrrole nitrogens is 1. The summed E-state index contributed by atoms with van der Waals surface area (Å²) in [7, 11) is 0. The van der Waals surface area contributed by atoms with E-state index in [1.165, 1.54) is 17.5 Å². The Hall–Kier alpha value is -2.59. The van der Waals surface area contributed by atoms with Crippen molar-refractivity contribution in [3.05, 3.63) is 71.4 Å². The molecule has 1 aliphatic carbocycles. The number of hydrogen-bond acceptors (Lipinski definition) is 2. The molecule has 0 bridgehead atoms. The number of fused-ring (bicyclic) bond motifs is 1. The lowest BCUT2D eigenvalue weighted by Gasteiger charge is -2.37. The second-order valence-corrected chi connectivity index (χ2v) is 8.25. The number of carbonyl (C=O) groups is 1. The van der Waals surface area contributed by atoms with Crippen molar-refractivity contribution in [2.45, 2.75) is 58.2 Å². The van der Waals surface area contributed by atoms with Crippen molar-refractivity contribution in [2.24, 2.45) is 0 Å². The van der Waals surface area contributed by atoms with Gasteiger partial charge in [-0.05, 0) is 57.2 Å². The van der Waals surface area contributed by atoms with E-state index >= 15 is 0 Å². The molecule has 0 radical (unpaired) electrons. The molecule has 2 aromatic carbocycles. The second-order valence-electron chi connectivity index (χ2n) is 8.25. The molecule has 0 aliphatic heterocycles. The maximum atomic E-state index is 13.2. The second kappa shape index (κ2) is 8.83. The van der Waals surface area contributed by atoms with Gasteiger partial charge in [0.1, 0.15) is 5.69 Å². The number of benzene rings is 2. The third-order valence-corrected chi connectivity index (χ3v) is 6.16. The molecule has 0 unspecified atom stereocenters. The number of rotatable bonds is 6. The van der Waals surface area contributed by atoms with E-state index in [1.54, 1.807) is 0 Å². The van der Waals surface area contributed by atoms with Crippen molar-refractivity contribution in [2.75, 3.05) is 6.54 Å². The average Bonchev–Trinajstić information content (AvgIpc) is 3.18. The molecule has 29 heavy (non-hydrogen) atoms. The first kappa shape index (κ1) is 19.7. The predicted molar refractivity (Wildman–Crippen MR) is 119 cm³/mol. The van der Waals surface area contributed by atoms with Gasteiger partial charge in [-0.25, -0.2) is 0 Å². The molecule has 2 atom stereocenters. The SMILES string of the molecule is CCN(C(=O)c1cc2ccccc2[nH]1)[C@H]1CCC[C@@H](NCc2ccc(C)cc2)C1. The molecule has 152 valence electrons. The van der Waals surface area contributed by atoms with Gasteiger partial charge in [0.15, 0.2) is 0 Å². The number of carbonyl (C=O) groups excluding carboxylic acids is 1. The Morgan fingerprint density at radius 3 is 2.69 bits per heavy atom. The minimum absolute atomic E-state index is 0.118. The fraction of sp³-hybridized carbons (Fsp3) is 0.400. The molecule has 1 heterocycles. The standard InChI is InChI=1S/C25H31N3O/c1-3-28(25(29)24-15-20-7-4-5-10-23(20)27-24)22-9-6-8-21(16-22)26-17-19-13-11-18(2)12-14-19/h4-5,7,10-15,21-22,26-27H,3,6,8-9,16-17H2,1-2H3/t21-,22+/m1/s1. The Balaban J connectivity index is 1.41. The summed E-state index contributed by atoms with van der Waals surface area (Å²) in [5, 5.41) is 4.81. The molecule has 1 fully saturated rings. The lowest BCUT2D eigenvalue weighted by Crippen LogP contribution is -2.46. The van der Waals surface area contributed by atoms with Gasteiger partial charge in [-0.2, -0.15) is 0 Å². The first-order valence-corrected chi connectivity index (χ1v) is 10.8. The van der Waals surface area contributed by atoms with Crippen LogP contribution in [0, 0.1) is 6.92 Å². The highest BCUT2D eigenvalue weighted by atomic mass is 16.2. The van der Waals surface area contributed by atoms with Crippen LogP contribution in [0.25, 0.3) is 10.9 Å². The van der Waals surface area contributed by atoms with Crippen LogP contribution in [-0.2, 0) is 6.54 Å².